The molecule has 2 aromatic carbocycles. The minimum absolute atomic E-state index is 0.00505. The standard InChI is InChI=1S/C24H26ClN5O3S/c1-15-6-8-16(9-7-15)23(32)30-12-4-5-19(30)22-27-28-24(29(22)2)34-14-21(31)26-18-13-17(25)10-11-20(18)33-3/h6-11,13,19H,4-5,12,14H2,1-3H3,(H,26,31). The van der Waals surface area contributed by atoms with Gasteiger partial charge in [0.15, 0.2) is 11.0 Å². The second-order valence-electron chi connectivity index (χ2n) is 8.10. The monoisotopic (exact) mass is 499 g/mol. The van der Waals surface area contributed by atoms with Crippen molar-refractivity contribution in [1.82, 2.24) is 19.7 Å². The number of benzene rings is 2. The molecule has 0 radical (unpaired) electrons. The lowest BCUT2D eigenvalue weighted by Crippen LogP contribution is -2.31. The van der Waals surface area contributed by atoms with Crippen LogP contribution in [0.3, 0.4) is 0 Å². The van der Waals surface area contributed by atoms with Gasteiger partial charge in [-0.2, -0.15) is 0 Å². The summed E-state index contributed by atoms with van der Waals surface area (Å²) in [4.78, 5) is 27.5. The van der Waals surface area contributed by atoms with E-state index in [2.05, 4.69) is 15.5 Å². The van der Waals surface area contributed by atoms with Crippen LogP contribution >= 0.6 is 23.4 Å². The molecule has 10 heteroatoms. The summed E-state index contributed by atoms with van der Waals surface area (Å²) in [6.45, 7) is 2.67. The van der Waals surface area contributed by atoms with Crippen molar-refractivity contribution in [1.29, 1.82) is 0 Å². The average Bonchev–Trinajstić information content (AvgIpc) is 3.44. The number of methoxy groups -OCH3 is 1. The first-order chi connectivity index (χ1) is 16.4. The number of likely N-dealkylation sites (tertiary alicyclic amines) is 1. The van der Waals surface area contributed by atoms with Crippen molar-refractivity contribution in [3.63, 3.8) is 0 Å². The Morgan fingerprint density at radius 3 is 2.71 bits per heavy atom. The van der Waals surface area contributed by atoms with Gasteiger partial charge in [0.1, 0.15) is 5.75 Å². The van der Waals surface area contributed by atoms with Gasteiger partial charge in [0, 0.05) is 24.2 Å². The summed E-state index contributed by atoms with van der Waals surface area (Å²) in [6, 6.07) is 12.5. The number of rotatable bonds is 7. The Bertz CT molecular complexity index is 1200. The minimum atomic E-state index is -0.216. The summed E-state index contributed by atoms with van der Waals surface area (Å²) < 4.78 is 7.14. The van der Waals surface area contributed by atoms with E-state index in [0.717, 1.165) is 24.2 Å². The van der Waals surface area contributed by atoms with Crippen LogP contribution in [0.5, 0.6) is 5.75 Å². The van der Waals surface area contributed by atoms with E-state index >= 15 is 0 Å². The van der Waals surface area contributed by atoms with Crippen LogP contribution < -0.4 is 10.1 Å². The number of carbonyl (C=O) groups excluding carboxylic acids is 2. The zero-order chi connectivity index (χ0) is 24.2. The third-order valence-electron chi connectivity index (χ3n) is 5.75. The molecule has 178 valence electrons. The second-order valence-corrected chi connectivity index (χ2v) is 9.48. The lowest BCUT2D eigenvalue weighted by molar-refractivity contribution is -0.113. The molecular weight excluding hydrogens is 474 g/mol. The predicted octanol–water partition coefficient (Wildman–Crippen LogP) is 4.49. The first-order valence-corrected chi connectivity index (χ1v) is 12.3. The topological polar surface area (TPSA) is 89.3 Å². The number of ether oxygens (including phenoxy) is 1. The molecule has 1 fully saturated rings. The highest BCUT2D eigenvalue weighted by Crippen LogP contribution is 2.33. The third-order valence-corrected chi connectivity index (χ3v) is 7.00. The summed E-state index contributed by atoms with van der Waals surface area (Å²) in [5.74, 6) is 1.17. The molecule has 34 heavy (non-hydrogen) atoms. The summed E-state index contributed by atoms with van der Waals surface area (Å²) in [5, 5.41) is 12.6. The lowest BCUT2D eigenvalue weighted by atomic mass is 10.1. The second kappa shape index (κ2) is 10.5. The van der Waals surface area contributed by atoms with Crippen LogP contribution in [0.2, 0.25) is 5.02 Å². The van der Waals surface area contributed by atoms with Gasteiger partial charge in [-0.15, -0.1) is 10.2 Å². The maximum Gasteiger partial charge on any atom is 0.254 e. The molecule has 1 aromatic heterocycles. The van der Waals surface area contributed by atoms with Gasteiger partial charge in [0.05, 0.1) is 24.6 Å². The van der Waals surface area contributed by atoms with Gasteiger partial charge in [0.25, 0.3) is 5.91 Å². The van der Waals surface area contributed by atoms with Crippen molar-refractivity contribution in [2.75, 3.05) is 24.7 Å². The largest absolute Gasteiger partial charge is 0.495 e. The van der Waals surface area contributed by atoms with Gasteiger partial charge in [0.2, 0.25) is 5.91 Å². The molecule has 0 aliphatic carbocycles. The summed E-state index contributed by atoms with van der Waals surface area (Å²) in [7, 11) is 3.40. The molecule has 1 aliphatic rings. The Balaban J connectivity index is 1.42. The Morgan fingerprint density at radius 2 is 1.97 bits per heavy atom. The van der Waals surface area contributed by atoms with Crippen molar-refractivity contribution in [3.05, 3.63) is 64.4 Å². The van der Waals surface area contributed by atoms with Gasteiger partial charge >= 0.3 is 0 Å². The van der Waals surface area contributed by atoms with Crippen molar-refractivity contribution in [3.8, 4) is 5.75 Å². The fourth-order valence-corrected chi connectivity index (χ4v) is 4.87. The van der Waals surface area contributed by atoms with Crippen LogP contribution in [0.15, 0.2) is 47.6 Å². The molecule has 8 nitrogen and oxygen atoms in total. The van der Waals surface area contributed by atoms with E-state index in [4.69, 9.17) is 16.3 Å². The Morgan fingerprint density at radius 1 is 1.21 bits per heavy atom. The number of hydrogen-bond acceptors (Lipinski definition) is 6. The number of amides is 2. The van der Waals surface area contributed by atoms with Crippen molar-refractivity contribution in [2.45, 2.75) is 31.0 Å². The maximum absolute atomic E-state index is 13.1. The number of aromatic nitrogens is 3. The molecule has 1 aliphatic heterocycles. The van der Waals surface area contributed by atoms with Crippen molar-refractivity contribution >= 4 is 40.9 Å². The van der Waals surface area contributed by atoms with Crippen LogP contribution in [0, 0.1) is 6.92 Å². The Labute approximate surface area is 207 Å². The van der Waals surface area contributed by atoms with Crippen LogP contribution in [0.25, 0.3) is 0 Å². The molecule has 0 bridgehead atoms. The first kappa shape index (κ1) is 24.1. The SMILES string of the molecule is COc1ccc(Cl)cc1NC(=O)CSc1nnc(C2CCCN2C(=O)c2ccc(C)cc2)n1C. The molecular formula is C24H26ClN5O3S. The van der Waals surface area contributed by atoms with Crippen LogP contribution in [0.1, 0.15) is 40.6 Å². The summed E-state index contributed by atoms with van der Waals surface area (Å²) in [5.41, 5.74) is 2.29. The number of anilines is 1. The quantitative estimate of drug-likeness (QED) is 0.482. The molecule has 0 spiro atoms. The van der Waals surface area contributed by atoms with Crippen molar-refractivity contribution in [2.24, 2.45) is 7.05 Å². The number of nitrogens with one attached hydrogen (secondary N) is 1. The number of nitrogens with zero attached hydrogens (tertiary/aromatic N) is 4. The molecule has 3 aromatic rings. The van der Waals surface area contributed by atoms with Crippen molar-refractivity contribution < 1.29 is 14.3 Å². The van der Waals surface area contributed by atoms with Gasteiger partial charge in [-0.05, 0) is 50.1 Å². The third kappa shape index (κ3) is 5.20. The molecule has 4 rings (SSSR count). The molecule has 1 unspecified atom stereocenters. The molecule has 0 saturated carbocycles. The molecule has 2 amide bonds. The molecule has 1 atom stereocenters. The zero-order valence-corrected chi connectivity index (χ0v) is 20.8. The lowest BCUT2D eigenvalue weighted by Gasteiger charge is -2.24. The van der Waals surface area contributed by atoms with E-state index in [-0.39, 0.29) is 23.6 Å². The van der Waals surface area contributed by atoms with E-state index in [0.29, 0.717) is 33.7 Å². The maximum atomic E-state index is 13.1. The normalized spacial score (nSPS) is 15.4. The summed E-state index contributed by atoms with van der Waals surface area (Å²) >= 11 is 7.31. The molecule has 1 saturated heterocycles. The van der Waals surface area contributed by atoms with E-state index in [1.165, 1.54) is 18.9 Å². The van der Waals surface area contributed by atoms with Gasteiger partial charge in [-0.3, -0.25) is 9.59 Å². The van der Waals surface area contributed by atoms with Crippen LogP contribution in [-0.4, -0.2) is 50.9 Å². The minimum Gasteiger partial charge on any atom is -0.495 e. The van der Waals surface area contributed by atoms with Crippen LogP contribution in [0.4, 0.5) is 5.69 Å². The smallest absolute Gasteiger partial charge is 0.254 e. The molecule has 2 heterocycles. The summed E-state index contributed by atoms with van der Waals surface area (Å²) in [6.07, 6.45) is 1.73. The van der Waals surface area contributed by atoms with E-state index < -0.39 is 0 Å². The Hall–Kier alpha value is -3.04. The molecule has 1 N–H and O–H groups in total. The van der Waals surface area contributed by atoms with Crippen LogP contribution in [-0.2, 0) is 11.8 Å². The fourth-order valence-electron chi connectivity index (χ4n) is 3.98. The number of thioether (sulfide) groups is 1. The highest BCUT2D eigenvalue weighted by Gasteiger charge is 2.34. The predicted molar refractivity (Wildman–Crippen MR) is 133 cm³/mol. The van der Waals surface area contributed by atoms with E-state index in [1.807, 2.05) is 47.7 Å². The Kier molecular flexibility index (Phi) is 7.43. The highest BCUT2D eigenvalue weighted by molar-refractivity contribution is 7.99. The van der Waals surface area contributed by atoms with Gasteiger partial charge < -0.3 is 19.5 Å². The number of halogens is 1. The average molecular weight is 500 g/mol. The first-order valence-electron chi connectivity index (χ1n) is 10.9. The van der Waals surface area contributed by atoms with Gasteiger partial charge in [-0.1, -0.05) is 41.1 Å². The highest BCUT2D eigenvalue weighted by atomic mass is 35.5. The van der Waals surface area contributed by atoms with E-state index in [9.17, 15) is 9.59 Å². The zero-order valence-electron chi connectivity index (χ0n) is 19.2. The number of hydrogen-bond donors (Lipinski definition) is 1. The van der Waals surface area contributed by atoms with E-state index in [1.54, 1.807) is 18.2 Å². The van der Waals surface area contributed by atoms with Gasteiger partial charge in [-0.25, -0.2) is 0 Å². The number of carbonyl (C=O) groups is 2. The fraction of sp³-hybridized carbons (Fsp3) is 0.333. The number of aryl methyl sites for hydroxylation is 1.